The number of halogens is 1. The topological polar surface area (TPSA) is 65.5 Å². The molecule has 3 N–H and O–H groups in total. The number of carbonyl (C=O) groups is 1. The molecule has 0 fully saturated rings. The second-order valence-corrected chi connectivity index (χ2v) is 5.53. The zero-order valence-corrected chi connectivity index (χ0v) is 16.8. The van der Waals surface area contributed by atoms with E-state index in [0.29, 0.717) is 24.6 Å². The SMILES string of the molecule is CCNC(=O)c1ccc(CN=C(NCC)NCC(C)C)cc1.I. The van der Waals surface area contributed by atoms with E-state index in [4.69, 9.17) is 0 Å². The number of nitrogens with one attached hydrogen (secondary N) is 3. The normalized spacial score (nSPS) is 10.9. The highest BCUT2D eigenvalue weighted by Crippen LogP contribution is 2.06. The Morgan fingerprint density at radius 3 is 2.17 bits per heavy atom. The van der Waals surface area contributed by atoms with E-state index in [-0.39, 0.29) is 29.9 Å². The average Bonchev–Trinajstić information content (AvgIpc) is 2.50. The van der Waals surface area contributed by atoms with Crippen LogP contribution >= 0.6 is 24.0 Å². The Morgan fingerprint density at radius 1 is 1.04 bits per heavy atom. The van der Waals surface area contributed by atoms with Crippen molar-refractivity contribution in [2.75, 3.05) is 19.6 Å². The maximum absolute atomic E-state index is 11.7. The molecule has 0 heterocycles. The van der Waals surface area contributed by atoms with Crippen LogP contribution in [0.5, 0.6) is 0 Å². The third-order valence-electron chi connectivity index (χ3n) is 3.00. The van der Waals surface area contributed by atoms with Crippen molar-refractivity contribution in [3.63, 3.8) is 0 Å². The number of guanidine groups is 1. The van der Waals surface area contributed by atoms with Crippen molar-refractivity contribution in [1.82, 2.24) is 16.0 Å². The molecule has 23 heavy (non-hydrogen) atoms. The molecule has 0 aromatic heterocycles. The Morgan fingerprint density at radius 2 is 1.65 bits per heavy atom. The number of nitrogens with zero attached hydrogens (tertiary/aromatic N) is 1. The van der Waals surface area contributed by atoms with Gasteiger partial charge in [-0.2, -0.15) is 0 Å². The van der Waals surface area contributed by atoms with Gasteiger partial charge in [0.2, 0.25) is 0 Å². The first-order valence-corrected chi connectivity index (χ1v) is 7.96. The molecule has 130 valence electrons. The first kappa shape index (κ1) is 21.7. The number of carbonyl (C=O) groups excluding carboxylic acids is 1. The Bertz CT molecular complexity index is 486. The fourth-order valence-electron chi connectivity index (χ4n) is 1.84. The molecule has 0 radical (unpaired) electrons. The highest BCUT2D eigenvalue weighted by molar-refractivity contribution is 14.0. The van der Waals surface area contributed by atoms with Crippen molar-refractivity contribution >= 4 is 35.8 Å². The molecule has 1 amide bonds. The Labute approximate surface area is 156 Å². The highest BCUT2D eigenvalue weighted by atomic mass is 127. The first-order valence-electron chi connectivity index (χ1n) is 7.96. The largest absolute Gasteiger partial charge is 0.357 e. The van der Waals surface area contributed by atoms with Crippen LogP contribution in [0.4, 0.5) is 0 Å². The van der Waals surface area contributed by atoms with E-state index in [2.05, 4.69) is 34.8 Å². The lowest BCUT2D eigenvalue weighted by atomic mass is 10.1. The van der Waals surface area contributed by atoms with Crippen LogP contribution in [-0.4, -0.2) is 31.5 Å². The summed E-state index contributed by atoms with van der Waals surface area (Å²) in [6.07, 6.45) is 0. The Hall–Kier alpha value is -1.31. The van der Waals surface area contributed by atoms with E-state index < -0.39 is 0 Å². The molecule has 5 nitrogen and oxygen atoms in total. The molecule has 0 atom stereocenters. The van der Waals surface area contributed by atoms with Gasteiger partial charge < -0.3 is 16.0 Å². The molecule has 1 aromatic rings. The van der Waals surface area contributed by atoms with Crippen molar-refractivity contribution in [3.05, 3.63) is 35.4 Å². The number of aliphatic imine (C=N–C) groups is 1. The lowest BCUT2D eigenvalue weighted by molar-refractivity contribution is 0.0956. The van der Waals surface area contributed by atoms with Crippen molar-refractivity contribution in [2.24, 2.45) is 10.9 Å². The summed E-state index contributed by atoms with van der Waals surface area (Å²) in [6, 6.07) is 7.56. The van der Waals surface area contributed by atoms with E-state index in [1.807, 2.05) is 38.1 Å². The van der Waals surface area contributed by atoms with Gasteiger partial charge in [0.05, 0.1) is 6.54 Å². The number of rotatable bonds is 7. The van der Waals surface area contributed by atoms with E-state index in [0.717, 1.165) is 24.6 Å². The lowest BCUT2D eigenvalue weighted by Gasteiger charge is -2.13. The van der Waals surface area contributed by atoms with Gasteiger partial charge in [0.1, 0.15) is 0 Å². The highest BCUT2D eigenvalue weighted by Gasteiger charge is 2.04. The van der Waals surface area contributed by atoms with Gasteiger partial charge in [-0.05, 0) is 37.5 Å². The second-order valence-electron chi connectivity index (χ2n) is 5.53. The number of hydrogen-bond donors (Lipinski definition) is 3. The Balaban J connectivity index is 0.00000484. The van der Waals surface area contributed by atoms with Gasteiger partial charge in [-0.15, -0.1) is 24.0 Å². The lowest BCUT2D eigenvalue weighted by Crippen LogP contribution is -2.39. The maximum atomic E-state index is 11.7. The minimum atomic E-state index is -0.0375. The summed E-state index contributed by atoms with van der Waals surface area (Å²) in [4.78, 5) is 16.3. The molecule has 0 saturated carbocycles. The third-order valence-corrected chi connectivity index (χ3v) is 3.00. The van der Waals surface area contributed by atoms with Gasteiger partial charge in [-0.25, -0.2) is 4.99 Å². The van der Waals surface area contributed by atoms with Gasteiger partial charge in [0.25, 0.3) is 5.91 Å². The fourth-order valence-corrected chi connectivity index (χ4v) is 1.84. The molecule has 0 aliphatic rings. The van der Waals surface area contributed by atoms with Crippen LogP contribution in [0.15, 0.2) is 29.3 Å². The molecular formula is C17H29IN4O. The van der Waals surface area contributed by atoms with Crippen LogP contribution in [0.2, 0.25) is 0 Å². The van der Waals surface area contributed by atoms with Crippen molar-refractivity contribution in [1.29, 1.82) is 0 Å². The zero-order chi connectivity index (χ0) is 16.4. The van der Waals surface area contributed by atoms with Crippen LogP contribution < -0.4 is 16.0 Å². The van der Waals surface area contributed by atoms with Gasteiger partial charge in [-0.3, -0.25) is 4.79 Å². The molecule has 0 spiro atoms. The second kappa shape index (κ2) is 12.2. The summed E-state index contributed by atoms with van der Waals surface area (Å²) in [6.45, 7) is 11.2. The molecule has 6 heteroatoms. The summed E-state index contributed by atoms with van der Waals surface area (Å²) in [5, 5.41) is 9.33. The summed E-state index contributed by atoms with van der Waals surface area (Å²) in [7, 11) is 0. The summed E-state index contributed by atoms with van der Waals surface area (Å²) < 4.78 is 0. The summed E-state index contributed by atoms with van der Waals surface area (Å²) in [5.41, 5.74) is 1.76. The van der Waals surface area contributed by atoms with Gasteiger partial charge in [0, 0.05) is 25.2 Å². The third kappa shape index (κ3) is 8.78. The first-order chi connectivity index (χ1) is 10.6. The van der Waals surface area contributed by atoms with Crippen LogP contribution in [0.3, 0.4) is 0 Å². The summed E-state index contributed by atoms with van der Waals surface area (Å²) >= 11 is 0. The van der Waals surface area contributed by atoms with Gasteiger partial charge >= 0.3 is 0 Å². The molecule has 0 bridgehead atoms. The molecule has 0 unspecified atom stereocenters. The minimum absolute atomic E-state index is 0. The monoisotopic (exact) mass is 432 g/mol. The molecule has 1 rings (SSSR count). The molecular weight excluding hydrogens is 403 g/mol. The van der Waals surface area contributed by atoms with Gasteiger partial charge in [-0.1, -0.05) is 26.0 Å². The van der Waals surface area contributed by atoms with Crippen molar-refractivity contribution in [2.45, 2.75) is 34.2 Å². The van der Waals surface area contributed by atoms with E-state index in [1.54, 1.807) is 0 Å². The average molecular weight is 432 g/mol. The quantitative estimate of drug-likeness (QED) is 0.353. The van der Waals surface area contributed by atoms with E-state index in [9.17, 15) is 4.79 Å². The Kier molecular flexibility index (Phi) is 11.5. The predicted octanol–water partition coefficient (Wildman–Crippen LogP) is 2.77. The predicted molar refractivity (Wildman–Crippen MR) is 108 cm³/mol. The smallest absolute Gasteiger partial charge is 0.251 e. The van der Waals surface area contributed by atoms with Crippen molar-refractivity contribution in [3.8, 4) is 0 Å². The van der Waals surface area contributed by atoms with E-state index in [1.165, 1.54) is 0 Å². The number of hydrogen-bond acceptors (Lipinski definition) is 2. The summed E-state index contributed by atoms with van der Waals surface area (Å²) in [5.74, 6) is 1.36. The molecule has 0 aliphatic carbocycles. The van der Waals surface area contributed by atoms with E-state index >= 15 is 0 Å². The fraction of sp³-hybridized carbons (Fsp3) is 0.529. The van der Waals surface area contributed by atoms with Crippen molar-refractivity contribution < 1.29 is 4.79 Å². The van der Waals surface area contributed by atoms with Gasteiger partial charge in [0.15, 0.2) is 5.96 Å². The molecule has 1 aromatic carbocycles. The number of benzene rings is 1. The standard InChI is InChI=1S/C17H28N4O.HI/c1-5-18-16(22)15-9-7-14(8-10-15)12-21-17(19-6-2)20-11-13(3)4;/h7-10,13H,5-6,11-12H2,1-4H3,(H,18,22)(H2,19,20,21);1H. The maximum Gasteiger partial charge on any atom is 0.251 e. The van der Waals surface area contributed by atoms with Crippen LogP contribution in [0.1, 0.15) is 43.6 Å². The molecule has 0 aliphatic heterocycles. The zero-order valence-electron chi connectivity index (χ0n) is 14.5. The minimum Gasteiger partial charge on any atom is -0.357 e. The molecule has 0 saturated heterocycles. The number of amides is 1. The van der Waals surface area contributed by atoms with Crippen LogP contribution in [0.25, 0.3) is 0 Å². The van der Waals surface area contributed by atoms with Crippen LogP contribution in [0, 0.1) is 5.92 Å². The van der Waals surface area contributed by atoms with Crippen LogP contribution in [-0.2, 0) is 6.54 Å².